The summed E-state index contributed by atoms with van der Waals surface area (Å²) in [6.45, 7) is 5.25. The van der Waals surface area contributed by atoms with E-state index >= 15 is 0 Å². The van der Waals surface area contributed by atoms with Crippen LogP contribution in [0.3, 0.4) is 0 Å². The van der Waals surface area contributed by atoms with Crippen LogP contribution in [0.15, 0.2) is 21.9 Å². The Kier molecular flexibility index (Phi) is 4.08. The lowest BCUT2D eigenvalue weighted by Crippen LogP contribution is -2.40. The molecule has 0 spiro atoms. The zero-order chi connectivity index (χ0) is 16.7. The molecule has 0 bridgehead atoms. The molecule has 2 amide bonds. The number of rotatable bonds is 6. The predicted octanol–water partition coefficient (Wildman–Crippen LogP) is 4.04. The van der Waals surface area contributed by atoms with Crippen LogP contribution in [0.25, 0.3) is 0 Å². The van der Waals surface area contributed by atoms with Crippen molar-refractivity contribution < 1.29 is 9.21 Å². The minimum atomic E-state index is -0.0270. The Bertz CT molecular complexity index is 734. The molecule has 0 aromatic carbocycles. The third-order valence-electron chi connectivity index (χ3n) is 4.82. The first-order valence-electron chi connectivity index (χ1n) is 8.64. The van der Waals surface area contributed by atoms with E-state index in [0.29, 0.717) is 25.0 Å². The summed E-state index contributed by atoms with van der Waals surface area (Å²) in [6, 6.07) is 4.41. The van der Waals surface area contributed by atoms with E-state index in [0.717, 1.165) is 41.0 Å². The molecule has 2 saturated carbocycles. The maximum Gasteiger partial charge on any atom is 0.318 e. The summed E-state index contributed by atoms with van der Waals surface area (Å²) in [5.41, 5.74) is 0.921. The number of hydrogen-bond donors (Lipinski definition) is 1. The number of nitrogens with zero attached hydrogens (tertiary/aromatic N) is 2. The van der Waals surface area contributed by atoms with Crippen molar-refractivity contribution in [2.75, 3.05) is 0 Å². The SMILES string of the molecule is Cc1nc(CNC(=O)N(Cc2ccc([C@H]3C[C@H]3C)o2)C2CC2)cs1. The monoisotopic (exact) mass is 345 g/mol. The molecule has 0 aliphatic heterocycles. The summed E-state index contributed by atoms with van der Waals surface area (Å²) in [4.78, 5) is 18.9. The molecule has 4 rings (SSSR count). The number of urea groups is 1. The standard InChI is InChI=1S/C18H23N3O2S/c1-11-7-16(11)17-6-5-15(23-17)9-21(14-3-4-14)18(22)19-8-13-10-24-12(2)20-13/h5-6,10-11,14,16H,3-4,7-9H2,1-2H3,(H,19,22)/t11-,16+/m1/s1. The van der Waals surface area contributed by atoms with E-state index in [2.05, 4.69) is 23.3 Å². The molecule has 2 atom stereocenters. The smallest absolute Gasteiger partial charge is 0.318 e. The van der Waals surface area contributed by atoms with Crippen LogP contribution in [0.4, 0.5) is 4.79 Å². The van der Waals surface area contributed by atoms with E-state index in [9.17, 15) is 4.79 Å². The molecule has 2 aliphatic carbocycles. The Balaban J connectivity index is 1.36. The second-order valence-corrected chi connectivity index (χ2v) is 8.06. The van der Waals surface area contributed by atoms with Gasteiger partial charge in [0.15, 0.2) is 0 Å². The van der Waals surface area contributed by atoms with Crippen LogP contribution >= 0.6 is 11.3 Å². The van der Waals surface area contributed by atoms with Crippen LogP contribution in [-0.2, 0) is 13.1 Å². The van der Waals surface area contributed by atoms with Crippen LogP contribution in [0, 0.1) is 12.8 Å². The molecule has 2 heterocycles. The number of furan rings is 1. The molecule has 0 saturated heterocycles. The third kappa shape index (κ3) is 3.48. The quantitative estimate of drug-likeness (QED) is 0.859. The maximum absolute atomic E-state index is 12.6. The van der Waals surface area contributed by atoms with Crippen molar-refractivity contribution in [2.45, 2.75) is 58.2 Å². The summed E-state index contributed by atoms with van der Waals surface area (Å²) in [7, 11) is 0. The Hall–Kier alpha value is -1.82. The fourth-order valence-electron chi connectivity index (χ4n) is 3.08. The normalized spacial score (nSPS) is 22.4. The number of carbonyl (C=O) groups excluding carboxylic acids is 1. The summed E-state index contributed by atoms with van der Waals surface area (Å²) in [5, 5.41) is 6.01. The molecule has 2 aromatic heterocycles. The van der Waals surface area contributed by atoms with Gasteiger partial charge in [-0.25, -0.2) is 9.78 Å². The molecule has 2 aliphatic rings. The van der Waals surface area contributed by atoms with Gasteiger partial charge in [-0.05, 0) is 44.2 Å². The Morgan fingerprint density at radius 2 is 2.25 bits per heavy atom. The Morgan fingerprint density at radius 1 is 1.46 bits per heavy atom. The predicted molar refractivity (Wildman–Crippen MR) is 92.9 cm³/mol. The average Bonchev–Trinajstić information content (AvgIpc) is 3.44. The van der Waals surface area contributed by atoms with Crippen LogP contribution in [0.1, 0.15) is 54.3 Å². The van der Waals surface area contributed by atoms with Gasteiger partial charge >= 0.3 is 6.03 Å². The van der Waals surface area contributed by atoms with Gasteiger partial charge in [0.1, 0.15) is 11.5 Å². The number of nitrogens with one attached hydrogen (secondary N) is 1. The first-order valence-corrected chi connectivity index (χ1v) is 9.52. The van der Waals surface area contributed by atoms with Gasteiger partial charge in [-0.15, -0.1) is 11.3 Å². The maximum atomic E-state index is 12.6. The van der Waals surface area contributed by atoms with E-state index in [4.69, 9.17) is 4.42 Å². The highest BCUT2D eigenvalue weighted by Crippen LogP contribution is 2.47. The van der Waals surface area contributed by atoms with Crippen LogP contribution in [-0.4, -0.2) is 22.0 Å². The summed E-state index contributed by atoms with van der Waals surface area (Å²) < 4.78 is 5.97. The van der Waals surface area contributed by atoms with Crippen molar-refractivity contribution in [3.8, 4) is 0 Å². The van der Waals surface area contributed by atoms with Crippen LogP contribution in [0.5, 0.6) is 0 Å². The molecular weight excluding hydrogens is 322 g/mol. The lowest BCUT2D eigenvalue weighted by molar-refractivity contribution is 0.186. The number of aryl methyl sites for hydroxylation is 1. The molecule has 0 radical (unpaired) electrons. The molecule has 2 aromatic rings. The molecule has 0 unspecified atom stereocenters. The second kappa shape index (κ2) is 6.24. The zero-order valence-electron chi connectivity index (χ0n) is 14.1. The fraction of sp³-hybridized carbons (Fsp3) is 0.556. The summed E-state index contributed by atoms with van der Waals surface area (Å²) >= 11 is 1.61. The Morgan fingerprint density at radius 3 is 2.88 bits per heavy atom. The van der Waals surface area contributed by atoms with Crippen molar-refractivity contribution in [3.63, 3.8) is 0 Å². The lowest BCUT2D eigenvalue weighted by Gasteiger charge is -2.21. The van der Waals surface area contributed by atoms with Crippen molar-refractivity contribution in [3.05, 3.63) is 39.7 Å². The van der Waals surface area contributed by atoms with Gasteiger partial charge in [0.25, 0.3) is 0 Å². The highest BCUT2D eigenvalue weighted by atomic mass is 32.1. The molecule has 128 valence electrons. The van der Waals surface area contributed by atoms with Crippen LogP contribution < -0.4 is 5.32 Å². The molecule has 2 fully saturated rings. The minimum Gasteiger partial charge on any atom is -0.464 e. The first kappa shape index (κ1) is 15.7. The topological polar surface area (TPSA) is 58.4 Å². The van der Waals surface area contributed by atoms with E-state index < -0.39 is 0 Å². The van der Waals surface area contributed by atoms with Crippen LogP contribution in [0.2, 0.25) is 0 Å². The molecule has 24 heavy (non-hydrogen) atoms. The summed E-state index contributed by atoms with van der Waals surface area (Å²) in [6.07, 6.45) is 3.37. The molecule has 6 heteroatoms. The van der Waals surface area contributed by atoms with Crippen molar-refractivity contribution >= 4 is 17.4 Å². The number of carbonyl (C=O) groups is 1. The minimum absolute atomic E-state index is 0.0270. The number of amides is 2. The van der Waals surface area contributed by atoms with Gasteiger partial charge in [0, 0.05) is 17.3 Å². The van der Waals surface area contributed by atoms with E-state index in [-0.39, 0.29) is 6.03 Å². The second-order valence-electron chi connectivity index (χ2n) is 7.00. The number of hydrogen-bond acceptors (Lipinski definition) is 4. The van der Waals surface area contributed by atoms with Gasteiger partial charge in [-0.2, -0.15) is 0 Å². The third-order valence-corrected chi connectivity index (χ3v) is 5.64. The molecular formula is C18H23N3O2S. The van der Waals surface area contributed by atoms with Gasteiger partial charge in [0.05, 0.1) is 23.8 Å². The van der Waals surface area contributed by atoms with Crippen molar-refractivity contribution in [1.82, 2.24) is 15.2 Å². The van der Waals surface area contributed by atoms with E-state index in [1.807, 2.05) is 23.3 Å². The lowest BCUT2D eigenvalue weighted by atomic mass is 10.3. The molecule has 5 nitrogen and oxygen atoms in total. The van der Waals surface area contributed by atoms with Crippen molar-refractivity contribution in [1.29, 1.82) is 0 Å². The van der Waals surface area contributed by atoms with Gasteiger partial charge in [0.2, 0.25) is 0 Å². The zero-order valence-corrected chi connectivity index (χ0v) is 14.9. The molecule has 1 N–H and O–H groups in total. The fourth-order valence-corrected chi connectivity index (χ4v) is 3.69. The number of aromatic nitrogens is 1. The summed E-state index contributed by atoms with van der Waals surface area (Å²) in [5.74, 6) is 3.27. The number of thiazole rings is 1. The largest absolute Gasteiger partial charge is 0.464 e. The van der Waals surface area contributed by atoms with E-state index in [1.165, 1.54) is 6.42 Å². The van der Waals surface area contributed by atoms with E-state index in [1.54, 1.807) is 11.3 Å². The van der Waals surface area contributed by atoms with Crippen molar-refractivity contribution in [2.24, 2.45) is 5.92 Å². The highest BCUT2D eigenvalue weighted by molar-refractivity contribution is 7.09. The van der Waals surface area contributed by atoms with Gasteiger partial charge < -0.3 is 14.6 Å². The van der Waals surface area contributed by atoms with Gasteiger partial charge in [-0.3, -0.25) is 0 Å². The average molecular weight is 345 g/mol. The van der Waals surface area contributed by atoms with Gasteiger partial charge in [-0.1, -0.05) is 6.92 Å². The Labute approximate surface area is 146 Å². The highest BCUT2D eigenvalue weighted by Gasteiger charge is 2.37. The first-order chi connectivity index (χ1) is 11.6.